The number of rotatable bonds is 7. The van der Waals surface area contributed by atoms with Gasteiger partial charge in [0.05, 0.1) is 16.6 Å². The number of aromatic nitrogens is 2. The number of carbonyl (C=O) groups is 1. The van der Waals surface area contributed by atoms with Gasteiger partial charge in [-0.2, -0.15) is 0 Å². The second-order valence-corrected chi connectivity index (χ2v) is 10.7. The first-order valence-electron chi connectivity index (χ1n) is 11.7. The molecule has 0 aliphatic heterocycles. The predicted molar refractivity (Wildman–Crippen MR) is 131 cm³/mol. The molecule has 4 rings (SSSR count). The van der Waals surface area contributed by atoms with Crippen LogP contribution in [0.5, 0.6) is 0 Å². The van der Waals surface area contributed by atoms with Crippen LogP contribution in [0.25, 0.3) is 11.3 Å². The number of halogens is 1. The Morgan fingerprint density at radius 2 is 1.77 bits per heavy atom. The van der Waals surface area contributed by atoms with E-state index in [0.29, 0.717) is 42.8 Å². The summed E-state index contributed by atoms with van der Waals surface area (Å²) in [7, 11) is -3.72. The third kappa shape index (κ3) is 6.29. The molecule has 0 saturated heterocycles. The van der Waals surface area contributed by atoms with E-state index in [2.05, 4.69) is 20.0 Å². The Kier molecular flexibility index (Phi) is 7.57. The van der Waals surface area contributed by atoms with Gasteiger partial charge in [0.1, 0.15) is 11.6 Å². The number of amides is 1. The van der Waals surface area contributed by atoms with Gasteiger partial charge in [0.15, 0.2) is 0 Å². The van der Waals surface area contributed by atoms with Gasteiger partial charge in [0.25, 0.3) is 0 Å². The van der Waals surface area contributed by atoms with Crippen LogP contribution >= 0.6 is 0 Å². The number of hydrogen-bond donors (Lipinski definition) is 2. The molecule has 0 radical (unpaired) electrons. The monoisotopic (exact) mass is 496 g/mol. The van der Waals surface area contributed by atoms with Crippen LogP contribution in [0.4, 0.5) is 4.39 Å². The number of nitrogens with one attached hydrogen (secondary N) is 2. The van der Waals surface area contributed by atoms with Crippen LogP contribution in [0.3, 0.4) is 0 Å². The van der Waals surface area contributed by atoms with Crippen molar-refractivity contribution in [3.8, 4) is 11.3 Å². The molecule has 0 bridgehead atoms. The van der Waals surface area contributed by atoms with Crippen molar-refractivity contribution in [2.24, 2.45) is 5.92 Å². The van der Waals surface area contributed by atoms with E-state index in [-0.39, 0.29) is 34.6 Å². The van der Waals surface area contributed by atoms with Gasteiger partial charge in [-0.25, -0.2) is 27.5 Å². The Bertz CT molecular complexity index is 1290. The Morgan fingerprint density at radius 3 is 2.46 bits per heavy atom. The topological polar surface area (TPSA) is 101 Å². The lowest BCUT2D eigenvalue weighted by molar-refractivity contribution is -0.126. The van der Waals surface area contributed by atoms with Crippen molar-refractivity contribution in [3.05, 3.63) is 78.0 Å². The molecule has 1 unspecified atom stereocenters. The fourth-order valence-corrected chi connectivity index (χ4v) is 5.72. The summed E-state index contributed by atoms with van der Waals surface area (Å²) in [5.41, 5.74) is 2.20. The molecule has 2 aromatic carbocycles. The normalized spacial score (nSPS) is 19.2. The highest BCUT2D eigenvalue weighted by molar-refractivity contribution is 7.89. The van der Waals surface area contributed by atoms with E-state index < -0.39 is 10.0 Å². The highest BCUT2D eigenvalue weighted by Gasteiger charge is 2.30. The smallest absolute Gasteiger partial charge is 0.240 e. The van der Waals surface area contributed by atoms with E-state index in [4.69, 9.17) is 0 Å². The SMILES string of the molecule is Cc1nccc(-c2cccc(S(=O)(=O)NC3CCC(C(=O)NC(C)c4ccc(F)cc4)CC3)c2)n1. The molecule has 9 heteroatoms. The standard InChI is InChI=1S/C26H29FN4O3S/c1-17(19-6-10-22(27)11-7-19)29-26(32)20-8-12-23(13-9-20)31-35(33,34)24-5-3-4-21(16-24)25-14-15-28-18(2)30-25/h3-7,10-11,14-17,20,23,31H,8-9,12-13H2,1-2H3,(H,29,32). The van der Waals surface area contributed by atoms with E-state index >= 15 is 0 Å². The number of hydrogen-bond acceptors (Lipinski definition) is 5. The summed E-state index contributed by atoms with van der Waals surface area (Å²) >= 11 is 0. The van der Waals surface area contributed by atoms with Crippen LogP contribution in [0.2, 0.25) is 0 Å². The van der Waals surface area contributed by atoms with Crippen molar-refractivity contribution in [2.45, 2.75) is 56.5 Å². The van der Waals surface area contributed by atoms with Gasteiger partial charge in [0, 0.05) is 23.7 Å². The van der Waals surface area contributed by atoms with Crippen molar-refractivity contribution in [1.82, 2.24) is 20.0 Å². The maximum atomic E-state index is 13.1. The summed E-state index contributed by atoms with van der Waals surface area (Å²) in [5.74, 6) is 0.0598. The number of nitrogens with zero attached hydrogens (tertiary/aromatic N) is 2. The summed E-state index contributed by atoms with van der Waals surface area (Å²) in [4.78, 5) is 21.4. The molecule has 1 fully saturated rings. The fraction of sp³-hybridized carbons (Fsp3) is 0.346. The van der Waals surface area contributed by atoms with Gasteiger partial charge in [-0.3, -0.25) is 4.79 Å². The van der Waals surface area contributed by atoms with E-state index in [1.54, 1.807) is 49.5 Å². The fourth-order valence-electron chi connectivity index (χ4n) is 4.37. The first-order valence-corrected chi connectivity index (χ1v) is 13.2. The Hall–Kier alpha value is -3.17. The van der Waals surface area contributed by atoms with E-state index in [9.17, 15) is 17.6 Å². The molecule has 35 heavy (non-hydrogen) atoms. The Balaban J connectivity index is 1.34. The molecule has 1 aromatic heterocycles. The van der Waals surface area contributed by atoms with Crippen LogP contribution in [0.15, 0.2) is 65.7 Å². The minimum atomic E-state index is -3.72. The molecule has 3 aromatic rings. The van der Waals surface area contributed by atoms with Gasteiger partial charge in [-0.1, -0.05) is 24.3 Å². The van der Waals surface area contributed by atoms with Crippen molar-refractivity contribution in [2.75, 3.05) is 0 Å². The van der Waals surface area contributed by atoms with Gasteiger partial charge in [-0.15, -0.1) is 0 Å². The second kappa shape index (κ2) is 10.6. The lowest BCUT2D eigenvalue weighted by atomic mass is 9.85. The summed E-state index contributed by atoms with van der Waals surface area (Å²) in [6.45, 7) is 3.65. The van der Waals surface area contributed by atoms with E-state index in [1.807, 2.05) is 13.0 Å². The summed E-state index contributed by atoms with van der Waals surface area (Å²) in [6.07, 6.45) is 3.98. The average Bonchev–Trinajstić information content (AvgIpc) is 2.84. The minimum absolute atomic E-state index is 0.0593. The molecule has 1 amide bonds. The quantitative estimate of drug-likeness (QED) is 0.508. The maximum Gasteiger partial charge on any atom is 0.240 e. The minimum Gasteiger partial charge on any atom is -0.349 e. The molecular weight excluding hydrogens is 467 g/mol. The molecular formula is C26H29FN4O3S. The Labute approximate surface area is 205 Å². The third-order valence-corrected chi connectivity index (χ3v) is 7.88. The lowest BCUT2D eigenvalue weighted by Crippen LogP contribution is -2.41. The molecule has 0 spiro atoms. The molecule has 1 aliphatic carbocycles. The van der Waals surface area contributed by atoms with Gasteiger partial charge in [-0.05, 0) is 75.4 Å². The molecule has 1 heterocycles. The van der Waals surface area contributed by atoms with E-state index in [0.717, 1.165) is 5.56 Å². The van der Waals surface area contributed by atoms with Gasteiger partial charge < -0.3 is 5.32 Å². The predicted octanol–water partition coefficient (Wildman–Crippen LogP) is 4.31. The highest BCUT2D eigenvalue weighted by atomic mass is 32.2. The van der Waals surface area contributed by atoms with Crippen LogP contribution in [0.1, 0.15) is 50.0 Å². The van der Waals surface area contributed by atoms with Crippen LogP contribution in [-0.4, -0.2) is 30.3 Å². The van der Waals surface area contributed by atoms with Crippen molar-refractivity contribution >= 4 is 15.9 Å². The number of benzene rings is 2. The summed E-state index contributed by atoms with van der Waals surface area (Å²) in [6, 6.07) is 14.0. The Morgan fingerprint density at radius 1 is 1.06 bits per heavy atom. The lowest BCUT2D eigenvalue weighted by Gasteiger charge is -2.29. The van der Waals surface area contributed by atoms with Crippen molar-refractivity contribution in [1.29, 1.82) is 0 Å². The zero-order valence-electron chi connectivity index (χ0n) is 19.7. The molecule has 1 aliphatic rings. The van der Waals surface area contributed by atoms with Crippen molar-refractivity contribution in [3.63, 3.8) is 0 Å². The second-order valence-electron chi connectivity index (χ2n) is 8.97. The van der Waals surface area contributed by atoms with Gasteiger partial charge in [0.2, 0.25) is 15.9 Å². The van der Waals surface area contributed by atoms with Crippen LogP contribution in [-0.2, 0) is 14.8 Å². The average molecular weight is 497 g/mol. The molecule has 1 saturated carbocycles. The molecule has 1 atom stereocenters. The summed E-state index contributed by atoms with van der Waals surface area (Å²) in [5, 5.41) is 2.99. The zero-order chi connectivity index (χ0) is 25.0. The van der Waals surface area contributed by atoms with Crippen LogP contribution < -0.4 is 10.0 Å². The number of aryl methyl sites for hydroxylation is 1. The van der Waals surface area contributed by atoms with Gasteiger partial charge >= 0.3 is 0 Å². The summed E-state index contributed by atoms with van der Waals surface area (Å²) < 4.78 is 42.0. The van der Waals surface area contributed by atoms with E-state index in [1.165, 1.54) is 12.1 Å². The molecule has 2 N–H and O–H groups in total. The molecule has 7 nitrogen and oxygen atoms in total. The number of sulfonamides is 1. The maximum absolute atomic E-state index is 13.1. The highest BCUT2D eigenvalue weighted by Crippen LogP contribution is 2.27. The third-order valence-electron chi connectivity index (χ3n) is 6.36. The molecule has 184 valence electrons. The van der Waals surface area contributed by atoms with Crippen molar-refractivity contribution < 1.29 is 17.6 Å². The number of carbonyl (C=O) groups excluding carboxylic acids is 1. The van der Waals surface area contributed by atoms with Crippen LogP contribution in [0, 0.1) is 18.7 Å². The first kappa shape index (κ1) is 24.9. The largest absolute Gasteiger partial charge is 0.349 e. The zero-order valence-corrected chi connectivity index (χ0v) is 20.6. The first-order chi connectivity index (χ1) is 16.7.